The molecule has 0 bridgehead atoms. The number of rotatable bonds is 3. The van der Waals surface area contributed by atoms with Gasteiger partial charge in [-0.2, -0.15) is 0 Å². The summed E-state index contributed by atoms with van der Waals surface area (Å²) < 4.78 is 0. The Labute approximate surface area is 77.1 Å². The van der Waals surface area contributed by atoms with Gasteiger partial charge < -0.3 is 0 Å². The summed E-state index contributed by atoms with van der Waals surface area (Å²) in [5, 5.41) is 0. The molecule has 1 rings (SSSR count). The van der Waals surface area contributed by atoms with Crippen LogP contribution in [0.15, 0.2) is 6.08 Å². The number of hydrogen-bond donors (Lipinski definition) is 0. The van der Waals surface area contributed by atoms with Crippen LogP contribution in [0.1, 0.15) is 46.0 Å². The molecule has 0 N–H and O–H groups in total. The molecule has 0 saturated heterocycles. The minimum atomic E-state index is 0.658. The Bertz CT molecular complexity index is 129. The van der Waals surface area contributed by atoms with Crippen LogP contribution in [0.5, 0.6) is 0 Å². The molecule has 0 aromatic carbocycles. The molecule has 1 aliphatic carbocycles. The van der Waals surface area contributed by atoms with E-state index in [1.807, 2.05) is 6.08 Å². The zero-order valence-corrected chi connectivity index (χ0v) is 8.42. The molecular weight excluding hydrogens is 144 g/mol. The Morgan fingerprint density at radius 3 is 2.17 bits per heavy atom. The van der Waals surface area contributed by atoms with Crippen molar-refractivity contribution < 1.29 is 0 Å². The van der Waals surface area contributed by atoms with Crippen molar-refractivity contribution in [3.8, 4) is 0 Å². The summed E-state index contributed by atoms with van der Waals surface area (Å²) in [5.74, 6) is 2.26. The van der Waals surface area contributed by atoms with E-state index in [2.05, 4.69) is 13.8 Å². The van der Waals surface area contributed by atoms with E-state index in [-0.39, 0.29) is 0 Å². The molecule has 0 spiro atoms. The van der Waals surface area contributed by atoms with Gasteiger partial charge in [-0.3, -0.25) is 0 Å². The lowest BCUT2D eigenvalue weighted by atomic mass is 9.75. The molecule has 1 atom stereocenters. The van der Waals surface area contributed by atoms with Crippen molar-refractivity contribution in [2.45, 2.75) is 46.0 Å². The second-order valence-corrected chi connectivity index (χ2v) is 4.41. The summed E-state index contributed by atoms with van der Waals surface area (Å²) in [6.07, 6.45) is 9.00. The standard InChI is InChI=1S/C12H21/c1-4-12(10(2)3)11-8-6-5-7-9-11/h1,4,10-12H,5-9H2,2-3H3/q+1. The summed E-state index contributed by atoms with van der Waals surface area (Å²) in [4.78, 5) is 0. The van der Waals surface area contributed by atoms with Crippen molar-refractivity contribution in [3.05, 3.63) is 12.7 Å². The van der Waals surface area contributed by atoms with Crippen LogP contribution < -0.4 is 0 Å². The highest BCUT2D eigenvalue weighted by Crippen LogP contribution is 2.34. The molecule has 1 saturated carbocycles. The van der Waals surface area contributed by atoms with Crippen LogP contribution in [0.4, 0.5) is 0 Å². The third kappa shape index (κ3) is 2.32. The molecule has 0 aromatic heterocycles. The van der Waals surface area contributed by atoms with Gasteiger partial charge in [0.25, 0.3) is 0 Å². The minimum Gasteiger partial charge on any atom is -0.0620 e. The van der Waals surface area contributed by atoms with Gasteiger partial charge in [0.05, 0.1) is 0 Å². The summed E-state index contributed by atoms with van der Waals surface area (Å²) in [6, 6.07) is 0. The van der Waals surface area contributed by atoms with Gasteiger partial charge in [-0.1, -0.05) is 33.1 Å². The van der Waals surface area contributed by atoms with Crippen molar-refractivity contribution in [2.75, 3.05) is 0 Å². The second kappa shape index (κ2) is 4.62. The van der Waals surface area contributed by atoms with E-state index >= 15 is 0 Å². The van der Waals surface area contributed by atoms with Gasteiger partial charge in [0, 0.05) is 5.92 Å². The molecule has 0 aliphatic heterocycles. The average Bonchev–Trinajstić information content (AvgIpc) is 2.07. The fraction of sp³-hybridized carbons (Fsp3) is 0.833. The highest BCUT2D eigenvalue weighted by Gasteiger charge is 2.26. The smallest absolute Gasteiger partial charge is 0.0620 e. The van der Waals surface area contributed by atoms with Gasteiger partial charge in [-0.15, -0.1) is 0 Å². The molecule has 0 heterocycles. The maximum absolute atomic E-state index is 5.68. The van der Waals surface area contributed by atoms with Crippen LogP contribution in [0.25, 0.3) is 0 Å². The lowest BCUT2D eigenvalue weighted by Crippen LogP contribution is -2.20. The van der Waals surface area contributed by atoms with E-state index < -0.39 is 0 Å². The van der Waals surface area contributed by atoms with Gasteiger partial charge in [-0.25, -0.2) is 0 Å². The molecule has 0 aromatic rings. The zero-order valence-electron chi connectivity index (χ0n) is 8.42. The first-order valence-corrected chi connectivity index (χ1v) is 5.30. The van der Waals surface area contributed by atoms with Crippen molar-refractivity contribution >= 4 is 0 Å². The van der Waals surface area contributed by atoms with Crippen LogP contribution in [0.3, 0.4) is 0 Å². The lowest BCUT2D eigenvalue weighted by Gasteiger charge is -2.28. The number of allylic oxidation sites excluding steroid dienone is 1. The topological polar surface area (TPSA) is 0 Å². The predicted octanol–water partition coefficient (Wildman–Crippen LogP) is 3.83. The highest BCUT2D eigenvalue weighted by atomic mass is 14.3. The Balaban J connectivity index is 2.45. The molecule has 0 radical (unpaired) electrons. The molecule has 1 unspecified atom stereocenters. The second-order valence-electron chi connectivity index (χ2n) is 4.41. The van der Waals surface area contributed by atoms with Crippen LogP contribution >= 0.6 is 0 Å². The van der Waals surface area contributed by atoms with Crippen LogP contribution in [0.2, 0.25) is 0 Å². The first kappa shape index (κ1) is 9.74. The molecule has 0 heteroatoms. The number of hydrogen-bond acceptors (Lipinski definition) is 0. The molecule has 1 aliphatic rings. The summed E-state index contributed by atoms with van der Waals surface area (Å²) >= 11 is 0. The van der Waals surface area contributed by atoms with Crippen LogP contribution in [-0.4, -0.2) is 0 Å². The summed E-state index contributed by atoms with van der Waals surface area (Å²) in [7, 11) is 0. The maximum Gasteiger partial charge on any atom is 0.202 e. The normalized spacial score (nSPS) is 22.5. The Hall–Kier alpha value is -0.350. The van der Waals surface area contributed by atoms with E-state index in [1.54, 1.807) is 0 Å². The third-order valence-corrected chi connectivity index (χ3v) is 3.19. The largest absolute Gasteiger partial charge is 0.202 e. The lowest BCUT2D eigenvalue weighted by molar-refractivity contribution is 0.239. The summed E-state index contributed by atoms with van der Waals surface area (Å²) in [6.45, 7) is 10.2. The van der Waals surface area contributed by atoms with Crippen LogP contribution in [-0.2, 0) is 0 Å². The van der Waals surface area contributed by atoms with E-state index in [0.29, 0.717) is 5.92 Å². The molecule has 12 heavy (non-hydrogen) atoms. The van der Waals surface area contributed by atoms with Gasteiger partial charge >= 0.3 is 0 Å². The zero-order chi connectivity index (χ0) is 8.97. The summed E-state index contributed by atoms with van der Waals surface area (Å²) in [5.41, 5.74) is 0. The van der Waals surface area contributed by atoms with Gasteiger partial charge in [0.1, 0.15) is 0 Å². The third-order valence-electron chi connectivity index (χ3n) is 3.19. The van der Waals surface area contributed by atoms with Crippen molar-refractivity contribution in [2.24, 2.45) is 17.8 Å². The molecule has 68 valence electrons. The van der Waals surface area contributed by atoms with Crippen molar-refractivity contribution in [1.82, 2.24) is 0 Å². The maximum atomic E-state index is 5.68. The molecular formula is C12H21+. The molecule has 0 nitrogen and oxygen atoms in total. The van der Waals surface area contributed by atoms with E-state index in [4.69, 9.17) is 6.58 Å². The molecule has 0 amide bonds. The Morgan fingerprint density at radius 2 is 1.75 bits per heavy atom. The average molecular weight is 165 g/mol. The fourth-order valence-electron chi connectivity index (χ4n) is 2.44. The van der Waals surface area contributed by atoms with E-state index in [1.165, 1.54) is 32.1 Å². The highest BCUT2D eigenvalue weighted by molar-refractivity contribution is 4.86. The monoisotopic (exact) mass is 165 g/mol. The van der Waals surface area contributed by atoms with Gasteiger partial charge in [0.15, 0.2) is 6.08 Å². The Kier molecular flexibility index (Phi) is 3.75. The quantitative estimate of drug-likeness (QED) is 0.558. The van der Waals surface area contributed by atoms with Crippen molar-refractivity contribution in [3.63, 3.8) is 0 Å². The van der Waals surface area contributed by atoms with E-state index in [0.717, 1.165) is 11.8 Å². The molecule has 1 fully saturated rings. The van der Waals surface area contributed by atoms with Gasteiger partial charge in [0.2, 0.25) is 6.58 Å². The fourth-order valence-corrected chi connectivity index (χ4v) is 2.44. The van der Waals surface area contributed by atoms with Crippen LogP contribution in [0, 0.1) is 24.3 Å². The van der Waals surface area contributed by atoms with E-state index in [9.17, 15) is 0 Å². The van der Waals surface area contributed by atoms with Gasteiger partial charge in [-0.05, 0) is 24.7 Å². The Morgan fingerprint density at radius 1 is 1.17 bits per heavy atom. The predicted molar refractivity (Wildman–Crippen MR) is 53.8 cm³/mol. The first-order chi connectivity index (χ1) is 5.75. The van der Waals surface area contributed by atoms with Crippen molar-refractivity contribution in [1.29, 1.82) is 0 Å². The minimum absolute atomic E-state index is 0.658. The first-order valence-electron chi connectivity index (χ1n) is 5.30. The SMILES string of the molecule is [CH+]=CC(C(C)C)C1CCCCC1.